The Balaban J connectivity index is 1.29. The van der Waals surface area contributed by atoms with E-state index < -0.39 is 0 Å². The van der Waals surface area contributed by atoms with E-state index in [4.69, 9.17) is 0 Å². The summed E-state index contributed by atoms with van der Waals surface area (Å²) in [5, 5.41) is 5.69. The predicted molar refractivity (Wildman–Crippen MR) is 103 cm³/mol. The molecule has 4 heteroatoms. The van der Waals surface area contributed by atoms with Gasteiger partial charge in [-0.25, -0.2) is 0 Å². The fourth-order valence-corrected chi connectivity index (χ4v) is 6.38. The van der Waals surface area contributed by atoms with Crippen LogP contribution in [0.5, 0.6) is 0 Å². The number of rotatable bonds is 7. The Morgan fingerprint density at radius 2 is 1.69 bits per heavy atom. The van der Waals surface area contributed by atoms with Gasteiger partial charge in [0.2, 0.25) is 0 Å². The summed E-state index contributed by atoms with van der Waals surface area (Å²) in [4.78, 5) is 14.1. The number of carbonyl (C=O) groups excluding carboxylic acids is 1. The molecular formula is C22H35N3O+2. The van der Waals surface area contributed by atoms with Crippen LogP contribution in [0.3, 0.4) is 0 Å². The molecule has 0 radical (unpaired) electrons. The second kappa shape index (κ2) is 7.32. The quantitative estimate of drug-likeness (QED) is 0.655. The summed E-state index contributed by atoms with van der Waals surface area (Å²) in [6, 6.07) is 11.1. The maximum absolute atomic E-state index is 12.7. The van der Waals surface area contributed by atoms with E-state index in [0.717, 1.165) is 24.3 Å². The fraction of sp³-hybridized carbons (Fsp3) is 0.682. The van der Waals surface area contributed by atoms with Crippen LogP contribution >= 0.6 is 0 Å². The normalized spacial score (nSPS) is 33.4. The molecule has 4 fully saturated rings. The largest absolute Gasteiger partial charge is 0.346 e. The topological polar surface area (TPSA) is 50.2 Å². The number of hydrogen-bond donors (Lipinski definition) is 3. The van der Waals surface area contributed by atoms with Crippen molar-refractivity contribution in [3.05, 3.63) is 35.9 Å². The van der Waals surface area contributed by atoms with E-state index >= 15 is 0 Å². The van der Waals surface area contributed by atoms with E-state index in [9.17, 15) is 4.79 Å². The monoisotopic (exact) mass is 357 g/mol. The Labute approximate surface area is 157 Å². The van der Waals surface area contributed by atoms with Gasteiger partial charge in [-0.2, -0.15) is 0 Å². The second-order valence-corrected chi connectivity index (χ2v) is 9.52. The zero-order chi connectivity index (χ0) is 18.1. The minimum Gasteiger partial charge on any atom is -0.346 e. The van der Waals surface area contributed by atoms with E-state index in [1.807, 2.05) is 0 Å². The first-order chi connectivity index (χ1) is 12.5. The molecule has 4 N–H and O–H groups in total. The molecule has 1 amide bonds. The third-order valence-corrected chi connectivity index (χ3v) is 7.07. The van der Waals surface area contributed by atoms with Crippen LogP contribution in [0.15, 0.2) is 30.3 Å². The third-order valence-electron chi connectivity index (χ3n) is 7.07. The van der Waals surface area contributed by atoms with Gasteiger partial charge in [-0.1, -0.05) is 30.3 Å². The molecule has 5 rings (SSSR count). The van der Waals surface area contributed by atoms with Crippen LogP contribution in [0.4, 0.5) is 0 Å². The number of quaternary nitrogens is 2. The van der Waals surface area contributed by atoms with Gasteiger partial charge in [-0.3, -0.25) is 4.79 Å². The molecule has 4 bridgehead atoms. The first-order valence-electron chi connectivity index (χ1n) is 10.5. The lowest BCUT2D eigenvalue weighted by Crippen LogP contribution is -3.09. The average molecular weight is 358 g/mol. The molecule has 0 aliphatic heterocycles. The first-order valence-corrected chi connectivity index (χ1v) is 10.5. The predicted octanol–water partition coefficient (Wildman–Crippen LogP) is 0.521. The van der Waals surface area contributed by atoms with Crippen LogP contribution in [0.25, 0.3) is 0 Å². The van der Waals surface area contributed by atoms with Gasteiger partial charge >= 0.3 is 0 Å². The molecule has 0 saturated heterocycles. The summed E-state index contributed by atoms with van der Waals surface area (Å²) in [6.45, 7) is 1.50. The highest BCUT2D eigenvalue weighted by atomic mass is 16.2. The van der Waals surface area contributed by atoms with Crippen molar-refractivity contribution in [3.63, 3.8) is 0 Å². The van der Waals surface area contributed by atoms with Crippen LogP contribution < -0.4 is 15.5 Å². The summed E-state index contributed by atoms with van der Waals surface area (Å²) in [6.07, 6.45) is 7.97. The maximum Gasteiger partial charge on any atom is 0.275 e. The average Bonchev–Trinajstić information content (AvgIpc) is 2.57. The number of hydrogen-bond acceptors (Lipinski definition) is 1. The number of nitrogens with two attached hydrogens (primary N) is 1. The van der Waals surface area contributed by atoms with Crippen LogP contribution in [0, 0.1) is 17.8 Å². The van der Waals surface area contributed by atoms with Crippen molar-refractivity contribution in [3.8, 4) is 0 Å². The van der Waals surface area contributed by atoms with Gasteiger partial charge < -0.3 is 15.5 Å². The van der Waals surface area contributed by atoms with Gasteiger partial charge in [0.05, 0.1) is 14.1 Å². The number of nitrogens with one attached hydrogen (secondary N) is 2. The van der Waals surface area contributed by atoms with Crippen LogP contribution in [-0.2, 0) is 4.79 Å². The van der Waals surface area contributed by atoms with Crippen molar-refractivity contribution in [1.82, 2.24) is 5.32 Å². The van der Waals surface area contributed by atoms with Crippen molar-refractivity contribution in [2.24, 2.45) is 17.8 Å². The molecule has 1 aromatic rings. The van der Waals surface area contributed by atoms with Gasteiger partial charge in [-0.05, 0) is 56.3 Å². The van der Waals surface area contributed by atoms with Crippen LogP contribution in [0.1, 0.15) is 50.1 Å². The highest BCUT2D eigenvalue weighted by molar-refractivity contribution is 5.77. The molecule has 142 valence electrons. The number of amides is 1. The lowest BCUT2D eigenvalue weighted by Gasteiger charge is -2.56. The minimum atomic E-state index is 0.144. The van der Waals surface area contributed by atoms with E-state index in [1.165, 1.54) is 49.0 Å². The fourth-order valence-electron chi connectivity index (χ4n) is 6.38. The van der Waals surface area contributed by atoms with E-state index in [2.05, 4.69) is 55.1 Å². The highest BCUT2D eigenvalue weighted by Gasteiger charge is 2.51. The van der Waals surface area contributed by atoms with E-state index in [1.54, 1.807) is 0 Å². The molecule has 4 aliphatic carbocycles. The van der Waals surface area contributed by atoms with Gasteiger partial charge in [0.1, 0.15) is 6.54 Å². The Morgan fingerprint density at radius 3 is 2.23 bits per heavy atom. The first kappa shape index (κ1) is 18.0. The molecule has 1 aromatic carbocycles. The summed E-state index contributed by atoms with van der Waals surface area (Å²) in [7, 11) is 4.39. The van der Waals surface area contributed by atoms with Gasteiger partial charge in [0.15, 0.2) is 12.6 Å². The number of benzene rings is 1. The molecule has 0 spiro atoms. The Morgan fingerprint density at radius 1 is 1.12 bits per heavy atom. The molecule has 0 heterocycles. The number of carbonyl (C=O) groups is 1. The summed E-state index contributed by atoms with van der Waals surface area (Å²) >= 11 is 0. The highest BCUT2D eigenvalue weighted by Crippen LogP contribution is 2.55. The third kappa shape index (κ3) is 3.81. The van der Waals surface area contributed by atoms with E-state index in [0.29, 0.717) is 12.6 Å². The second-order valence-electron chi connectivity index (χ2n) is 9.52. The van der Waals surface area contributed by atoms with E-state index in [-0.39, 0.29) is 11.4 Å². The van der Waals surface area contributed by atoms with Gasteiger partial charge in [-0.15, -0.1) is 0 Å². The van der Waals surface area contributed by atoms with Crippen LogP contribution in [0.2, 0.25) is 0 Å². The van der Waals surface area contributed by atoms with Gasteiger partial charge in [0.25, 0.3) is 5.91 Å². The maximum atomic E-state index is 12.7. The Kier molecular flexibility index (Phi) is 5.07. The lowest BCUT2D eigenvalue weighted by molar-refractivity contribution is -0.908. The SMILES string of the molecule is C[NH+](C)[C@@H](C[NH2+]CC(=O)NC12CC3CC(CC(C3)C1)C2)c1ccccc1. The van der Waals surface area contributed by atoms with Crippen molar-refractivity contribution in [1.29, 1.82) is 0 Å². The molecule has 26 heavy (non-hydrogen) atoms. The van der Waals surface area contributed by atoms with Crippen molar-refractivity contribution >= 4 is 5.91 Å². The zero-order valence-electron chi connectivity index (χ0n) is 16.3. The minimum absolute atomic E-state index is 0.144. The lowest BCUT2D eigenvalue weighted by atomic mass is 9.53. The van der Waals surface area contributed by atoms with Crippen LogP contribution in [-0.4, -0.2) is 38.6 Å². The summed E-state index contributed by atoms with van der Waals surface area (Å²) in [5.74, 6) is 2.88. The molecule has 4 saturated carbocycles. The molecule has 4 nitrogen and oxygen atoms in total. The molecule has 4 aliphatic rings. The molecule has 0 unspecified atom stereocenters. The Hall–Kier alpha value is -1.39. The molecule has 0 aromatic heterocycles. The van der Waals surface area contributed by atoms with Gasteiger partial charge in [0, 0.05) is 11.1 Å². The summed E-state index contributed by atoms with van der Waals surface area (Å²) < 4.78 is 0. The van der Waals surface area contributed by atoms with Crippen molar-refractivity contribution in [2.45, 2.75) is 50.1 Å². The van der Waals surface area contributed by atoms with Crippen molar-refractivity contribution < 1.29 is 15.0 Å². The number of likely N-dealkylation sites (N-methyl/N-ethyl adjacent to an activating group) is 1. The standard InChI is InChI=1S/C22H33N3O/c1-25(2)20(19-6-4-3-5-7-19)14-23-15-21(26)24-22-11-16-8-17(12-22)10-18(9-16)13-22/h3-7,16-18,20,23H,8-15H2,1-2H3,(H,24,26)/p+2/t16?,17?,18?,20-,22?/m0/s1. The molecule has 1 atom stereocenters. The molecular weight excluding hydrogens is 322 g/mol. The van der Waals surface area contributed by atoms with Crippen molar-refractivity contribution in [2.75, 3.05) is 27.2 Å². The smallest absolute Gasteiger partial charge is 0.275 e. The zero-order valence-corrected chi connectivity index (χ0v) is 16.3. The summed E-state index contributed by atoms with van der Waals surface area (Å²) in [5.41, 5.74) is 1.50. The Bertz CT molecular complexity index is 592.